The van der Waals surface area contributed by atoms with E-state index in [1.54, 1.807) is 6.08 Å². The minimum absolute atomic E-state index is 0.457. The fraction of sp³-hybridized carbons (Fsp3) is 0.538. The summed E-state index contributed by atoms with van der Waals surface area (Å²) in [7, 11) is 0. The summed E-state index contributed by atoms with van der Waals surface area (Å²) >= 11 is 0. The van der Waals surface area contributed by atoms with Crippen molar-refractivity contribution in [2.24, 2.45) is 10.4 Å². The molecule has 1 saturated heterocycles. The van der Waals surface area contributed by atoms with Crippen LogP contribution in [-0.2, 0) is 0 Å². The van der Waals surface area contributed by atoms with Crippen molar-refractivity contribution in [2.75, 3.05) is 19.6 Å². The summed E-state index contributed by atoms with van der Waals surface area (Å²) in [6.45, 7) is 12.4. The van der Waals surface area contributed by atoms with Crippen LogP contribution in [0.5, 0.6) is 0 Å². The van der Waals surface area contributed by atoms with Crippen LogP contribution in [-0.4, -0.2) is 30.2 Å². The van der Waals surface area contributed by atoms with Gasteiger partial charge in [-0.25, -0.2) is 0 Å². The number of aliphatic imine (C=N–C) groups is 1. The van der Waals surface area contributed by atoms with Gasteiger partial charge in [-0.05, 0) is 25.5 Å². The van der Waals surface area contributed by atoms with Crippen LogP contribution < -0.4 is 0 Å². The lowest BCUT2D eigenvalue weighted by molar-refractivity contribution is 0.191. The first-order valence-corrected chi connectivity index (χ1v) is 5.67. The molecule has 86 valence electrons. The predicted octanol–water partition coefficient (Wildman–Crippen LogP) is 2.38. The van der Waals surface area contributed by atoms with Gasteiger partial charge in [0.15, 0.2) is 0 Å². The Morgan fingerprint density at radius 3 is 2.50 bits per heavy atom. The van der Waals surface area contributed by atoms with E-state index in [0.717, 1.165) is 38.2 Å². The van der Waals surface area contributed by atoms with Crippen molar-refractivity contribution in [2.45, 2.75) is 19.8 Å². The van der Waals surface area contributed by atoms with E-state index in [4.69, 9.17) is 0 Å². The molecule has 3 heteroatoms. The van der Waals surface area contributed by atoms with Crippen LogP contribution in [0.25, 0.3) is 0 Å². The smallest absolute Gasteiger partial charge is 0.102 e. The highest BCUT2D eigenvalue weighted by molar-refractivity contribution is 6.01. The molecule has 1 heterocycles. The lowest BCUT2D eigenvalue weighted by atomic mass is 9.75. The van der Waals surface area contributed by atoms with E-state index in [-0.39, 0.29) is 0 Å². The summed E-state index contributed by atoms with van der Waals surface area (Å²) in [4.78, 5) is 6.53. The number of nitrogens with zero attached hydrogens (tertiary/aromatic N) is 3. The number of allylic oxidation sites excluding steroid dienone is 1. The maximum absolute atomic E-state index is 9.40. The van der Waals surface area contributed by atoms with Gasteiger partial charge in [-0.1, -0.05) is 20.1 Å². The molecule has 1 rings (SSSR count). The zero-order valence-corrected chi connectivity index (χ0v) is 9.95. The molecular weight excluding hydrogens is 198 g/mol. The van der Waals surface area contributed by atoms with Crippen LogP contribution in [0.15, 0.2) is 30.4 Å². The molecule has 0 radical (unpaired) electrons. The van der Waals surface area contributed by atoms with Crippen LogP contribution in [0.3, 0.4) is 0 Å². The van der Waals surface area contributed by atoms with Gasteiger partial charge in [-0.3, -0.25) is 4.99 Å². The average Bonchev–Trinajstić information content (AvgIpc) is 2.36. The van der Waals surface area contributed by atoms with E-state index < -0.39 is 5.41 Å². The van der Waals surface area contributed by atoms with Crippen molar-refractivity contribution in [3.63, 3.8) is 0 Å². The highest BCUT2D eigenvalue weighted by atomic mass is 15.1. The first-order chi connectivity index (χ1) is 7.72. The summed E-state index contributed by atoms with van der Waals surface area (Å²) < 4.78 is 0. The molecule has 0 bridgehead atoms. The highest BCUT2D eigenvalue weighted by Crippen LogP contribution is 2.33. The Balaban J connectivity index is 2.89. The van der Waals surface area contributed by atoms with Crippen molar-refractivity contribution in [1.29, 1.82) is 5.26 Å². The van der Waals surface area contributed by atoms with Crippen molar-refractivity contribution >= 4 is 5.71 Å². The van der Waals surface area contributed by atoms with Crippen molar-refractivity contribution in [1.82, 2.24) is 4.90 Å². The largest absolute Gasteiger partial charge is 0.303 e. The lowest BCUT2D eigenvalue weighted by Gasteiger charge is -2.36. The van der Waals surface area contributed by atoms with Gasteiger partial charge in [0.1, 0.15) is 5.41 Å². The van der Waals surface area contributed by atoms with E-state index in [1.807, 2.05) is 0 Å². The van der Waals surface area contributed by atoms with Gasteiger partial charge in [-0.15, -0.1) is 0 Å². The fourth-order valence-electron chi connectivity index (χ4n) is 2.15. The number of piperidine rings is 1. The van der Waals surface area contributed by atoms with Gasteiger partial charge < -0.3 is 4.90 Å². The second-order valence-electron chi connectivity index (χ2n) is 4.03. The van der Waals surface area contributed by atoms with Gasteiger partial charge in [-0.2, -0.15) is 5.26 Å². The van der Waals surface area contributed by atoms with E-state index in [1.165, 1.54) is 6.20 Å². The van der Waals surface area contributed by atoms with E-state index in [9.17, 15) is 5.26 Å². The van der Waals surface area contributed by atoms with E-state index >= 15 is 0 Å². The van der Waals surface area contributed by atoms with Crippen molar-refractivity contribution in [3.05, 3.63) is 25.4 Å². The molecule has 1 aliphatic rings. The molecule has 3 nitrogen and oxygen atoms in total. The third kappa shape index (κ3) is 2.40. The molecule has 0 saturated carbocycles. The molecule has 1 aliphatic heterocycles. The second-order valence-corrected chi connectivity index (χ2v) is 4.03. The number of nitriles is 1. The number of rotatable bonds is 4. The van der Waals surface area contributed by atoms with Crippen molar-refractivity contribution in [3.8, 4) is 6.07 Å². The summed E-state index contributed by atoms with van der Waals surface area (Å²) in [6, 6.07) is 2.42. The van der Waals surface area contributed by atoms with Gasteiger partial charge in [0, 0.05) is 19.3 Å². The van der Waals surface area contributed by atoms with Crippen LogP contribution in [0.1, 0.15) is 19.8 Å². The van der Waals surface area contributed by atoms with Crippen LogP contribution in [0.4, 0.5) is 0 Å². The topological polar surface area (TPSA) is 39.4 Å². The predicted molar refractivity (Wildman–Crippen MR) is 67.2 cm³/mol. The highest BCUT2D eigenvalue weighted by Gasteiger charge is 2.37. The summed E-state index contributed by atoms with van der Waals surface area (Å²) in [5, 5.41) is 9.40. The van der Waals surface area contributed by atoms with E-state index in [2.05, 4.69) is 36.0 Å². The first-order valence-electron chi connectivity index (χ1n) is 5.67. The Hall–Kier alpha value is -1.40. The molecule has 0 N–H and O–H groups in total. The SMILES string of the molecule is C=CN=C(C=C)C1(C#N)CCN(CC)CC1. The number of hydrogen-bond donors (Lipinski definition) is 0. The zero-order chi connectivity index (χ0) is 12.0. The minimum Gasteiger partial charge on any atom is -0.303 e. The Morgan fingerprint density at radius 1 is 1.50 bits per heavy atom. The maximum Gasteiger partial charge on any atom is 0.102 e. The molecule has 0 unspecified atom stereocenters. The normalized spacial score (nSPS) is 21.1. The Morgan fingerprint density at radius 2 is 2.12 bits per heavy atom. The van der Waals surface area contributed by atoms with Gasteiger partial charge in [0.2, 0.25) is 0 Å². The van der Waals surface area contributed by atoms with Crippen LogP contribution >= 0.6 is 0 Å². The molecule has 0 amide bonds. The lowest BCUT2D eigenvalue weighted by Crippen LogP contribution is -2.43. The van der Waals surface area contributed by atoms with Gasteiger partial charge in [0.25, 0.3) is 0 Å². The minimum atomic E-state index is -0.457. The molecule has 16 heavy (non-hydrogen) atoms. The van der Waals surface area contributed by atoms with Crippen molar-refractivity contribution < 1.29 is 0 Å². The van der Waals surface area contributed by atoms with Gasteiger partial charge >= 0.3 is 0 Å². The maximum atomic E-state index is 9.40. The molecule has 1 fully saturated rings. The third-order valence-corrected chi connectivity index (χ3v) is 3.28. The molecule has 0 aromatic rings. The number of hydrogen-bond acceptors (Lipinski definition) is 3. The monoisotopic (exact) mass is 217 g/mol. The summed E-state index contributed by atoms with van der Waals surface area (Å²) in [5.74, 6) is 0. The second kappa shape index (κ2) is 5.62. The molecule has 0 aliphatic carbocycles. The van der Waals surface area contributed by atoms with Gasteiger partial charge in [0.05, 0.1) is 11.8 Å². The fourth-order valence-corrected chi connectivity index (χ4v) is 2.15. The van der Waals surface area contributed by atoms with E-state index in [0.29, 0.717) is 0 Å². The average molecular weight is 217 g/mol. The quantitative estimate of drug-likeness (QED) is 0.678. The first kappa shape index (κ1) is 12.7. The molecule has 0 aromatic carbocycles. The molecule has 0 atom stereocenters. The number of likely N-dealkylation sites (tertiary alicyclic amines) is 1. The molecular formula is C13H19N3. The third-order valence-electron chi connectivity index (χ3n) is 3.28. The molecule has 0 spiro atoms. The van der Waals surface area contributed by atoms with Crippen LogP contribution in [0, 0.1) is 16.7 Å². The Labute approximate surface area is 97.8 Å². The Bertz CT molecular complexity index is 328. The Kier molecular flexibility index (Phi) is 4.45. The summed E-state index contributed by atoms with van der Waals surface area (Å²) in [6.07, 6.45) is 4.83. The zero-order valence-electron chi connectivity index (χ0n) is 9.95. The van der Waals surface area contributed by atoms with Crippen LogP contribution in [0.2, 0.25) is 0 Å². The standard InChI is InChI=1S/C13H19N3/c1-4-12(15-5-2)13(11-14)7-9-16(6-3)10-8-13/h4-5H,1-2,6-10H2,3H3. The molecule has 0 aromatic heterocycles. The summed E-state index contributed by atoms with van der Waals surface area (Å²) in [5.41, 5.74) is 0.308.